The fourth-order valence-electron chi connectivity index (χ4n) is 1.78. The van der Waals surface area contributed by atoms with Crippen molar-refractivity contribution < 1.29 is 24.0 Å². The number of nitro benzene ring substituents is 1. The van der Waals surface area contributed by atoms with Crippen LogP contribution in [0.1, 0.15) is 15.9 Å². The normalized spacial score (nSPS) is 10.2. The molecule has 0 amide bonds. The van der Waals surface area contributed by atoms with E-state index in [1.165, 1.54) is 31.2 Å². The van der Waals surface area contributed by atoms with Crippen LogP contribution in [0.25, 0.3) is 0 Å². The lowest BCUT2D eigenvalue weighted by Crippen LogP contribution is -2.01. The van der Waals surface area contributed by atoms with Gasteiger partial charge in [0.15, 0.2) is 0 Å². The lowest BCUT2D eigenvalue weighted by atomic mass is 10.2. The van der Waals surface area contributed by atoms with Crippen LogP contribution in [0.15, 0.2) is 36.4 Å². The largest absolute Gasteiger partial charge is 0.478 e. The van der Waals surface area contributed by atoms with Crippen molar-refractivity contribution in [3.8, 4) is 11.5 Å². The van der Waals surface area contributed by atoms with Gasteiger partial charge in [-0.1, -0.05) is 0 Å². The van der Waals surface area contributed by atoms with E-state index in [0.717, 1.165) is 12.1 Å². The van der Waals surface area contributed by atoms with Gasteiger partial charge in [0.25, 0.3) is 5.69 Å². The summed E-state index contributed by atoms with van der Waals surface area (Å²) in [6.07, 6.45) is 0. The number of nitro groups is 1. The van der Waals surface area contributed by atoms with Crippen LogP contribution in [0.4, 0.5) is 10.1 Å². The quantitative estimate of drug-likeness (QED) is 0.687. The molecule has 2 aromatic rings. The second-order valence-electron chi connectivity index (χ2n) is 4.25. The van der Waals surface area contributed by atoms with Crippen LogP contribution in [0.3, 0.4) is 0 Å². The molecule has 7 heteroatoms. The van der Waals surface area contributed by atoms with E-state index in [-0.39, 0.29) is 22.7 Å². The fraction of sp³-hybridized carbons (Fsp3) is 0.0714. The predicted molar refractivity (Wildman–Crippen MR) is 71.3 cm³/mol. The Bertz CT molecular complexity index is 729. The van der Waals surface area contributed by atoms with Gasteiger partial charge in [0.1, 0.15) is 22.9 Å². The number of nitrogens with zero attached hydrogens (tertiary/aromatic N) is 1. The molecule has 0 unspecified atom stereocenters. The number of ether oxygens (including phenoxy) is 1. The van der Waals surface area contributed by atoms with Crippen molar-refractivity contribution in [3.05, 3.63) is 63.5 Å². The van der Waals surface area contributed by atoms with Gasteiger partial charge < -0.3 is 9.84 Å². The van der Waals surface area contributed by atoms with E-state index in [2.05, 4.69) is 0 Å². The Morgan fingerprint density at radius 3 is 2.57 bits per heavy atom. The van der Waals surface area contributed by atoms with Crippen molar-refractivity contribution in [1.82, 2.24) is 0 Å². The molecular formula is C14H10FNO5. The number of rotatable bonds is 4. The fourth-order valence-corrected chi connectivity index (χ4v) is 1.78. The van der Waals surface area contributed by atoms with Crippen LogP contribution in [-0.2, 0) is 0 Å². The smallest absolute Gasteiger partial charge is 0.339 e. The number of benzene rings is 2. The van der Waals surface area contributed by atoms with Gasteiger partial charge in [0.05, 0.1) is 4.92 Å². The number of hydrogen-bond donors (Lipinski definition) is 1. The van der Waals surface area contributed by atoms with Crippen LogP contribution >= 0.6 is 0 Å². The summed E-state index contributed by atoms with van der Waals surface area (Å²) < 4.78 is 18.4. The van der Waals surface area contributed by atoms with Crippen molar-refractivity contribution in [2.75, 3.05) is 0 Å². The summed E-state index contributed by atoms with van der Waals surface area (Å²) in [6, 6.07) is 7.12. The molecule has 0 aromatic heterocycles. The highest BCUT2D eigenvalue weighted by atomic mass is 19.1. The van der Waals surface area contributed by atoms with Crippen molar-refractivity contribution in [2.45, 2.75) is 6.92 Å². The zero-order valence-electron chi connectivity index (χ0n) is 10.9. The average Bonchev–Trinajstić information content (AvgIpc) is 2.40. The van der Waals surface area contributed by atoms with Crippen LogP contribution < -0.4 is 4.74 Å². The highest BCUT2D eigenvalue weighted by Crippen LogP contribution is 2.29. The summed E-state index contributed by atoms with van der Waals surface area (Å²) in [6.45, 7) is 1.54. The Kier molecular flexibility index (Phi) is 3.84. The van der Waals surface area contributed by atoms with Gasteiger partial charge in [0.2, 0.25) is 0 Å². The number of carboxylic acid groups (broad SMARTS) is 1. The van der Waals surface area contributed by atoms with E-state index in [1.54, 1.807) is 0 Å². The van der Waals surface area contributed by atoms with E-state index in [4.69, 9.17) is 9.84 Å². The molecule has 6 nitrogen and oxygen atoms in total. The predicted octanol–water partition coefficient (Wildman–Crippen LogP) is 3.53. The molecule has 0 aliphatic rings. The highest BCUT2D eigenvalue weighted by Gasteiger charge is 2.15. The minimum Gasteiger partial charge on any atom is -0.478 e. The zero-order valence-corrected chi connectivity index (χ0v) is 10.9. The maximum Gasteiger partial charge on any atom is 0.339 e. The monoisotopic (exact) mass is 291 g/mol. The van der Waals surface area contributed by atoms with E-state index >= 15 is 0 Å². The lowest BCUT2D eigenvalue weighted by molar-refractivity contribution is -0.385. The highest BCUT2D eigenvalue weighted by molar-refractivity contribution is 5.91. The molecule has 108 valence electrons. The second-order valence-corrected chi connectivity index (χ2v) is 4.25. The summed E-state index contributed by atoms with van der Waals surface area (Å²) >= 11 is 0. The molecule has 0 spiro atoms. The number of carboxylic acids is 1. The summed E-state index contributed by atoms with van der Waals surface area (Å²) in [5.41, 5.74) is -0.0255. The Balaban J connectivity index is 2.37. The SMILES string of the molecule is Cc1cc(Oc2ccc(F)cc2C(=O)O)ccc1[N+](=O)[O-]. The van der Waals surface area contributed by atoms with Gasteiger partial charge >= 0.3 is 5.97 Å². The molecule has 0 atom stereocenters. The van der Waals surface area contributed by atoms with Gasteiger partial charge in [-0.25, -0.2) is 9.18 Å². The summed E-state index contributed by atoms with van der Waals surface area (Å²) in [4.78, 5) is 21.2. The van der Waals surface area contributed by atoms with Gasteiger partial charge in [-0.3, -0.25) is 10.1 Å². The molecular weight excluding hydrogens is 281 g/mol. The van der Waals surface area contributed by atoms with Crippen LogP contribution in [-0.4, -0.2) is 16.0 Å². The summed E-state index contributed by atoms with van der Waals surface area (Å²) in [7, 11) is 0. The molecule has 0 aliphatic carbocycles. The van der Waals surface area contributed by atoms with Crippen LogP contribution in [0, 0.1) is 22.9 Å². The molecule has 0 heterocycles. The van der Waals surface area contributed by atoms with Gasteiger partial charge in [0, 0.05) is 11.6 Å². The van der Waals surface area contributed by atoms with Gasteiger partial charge in [-0.05, 0) is 37.3 Å². The van der Waals surface area contributed by atoms with Gasteiger partial charge in [-0.15, -0.1) is 0 Å². The molecule has 2 rings (SSSR count). The molecule has 21 heavy (non-hydrogen) atoms. The molecule has 0 aliphatic heterocycles. The van der Waals surface area contributed by atoms with E-state index in [1.807, 2.05) is 0 Å². The molecule has 1 N–H and O–H groups in total. The third-order valence-electron chi connectivity index (χ3n) is 2.76. The molecule has 0 saturated heterocycles. The Morgan fingerprint density at radius 1 is 1.29 bits per heavy atom. The molecule has 0 bridgehead atoms. The molecule has 0 saturated carbocycles. The number of hydrogen-bond acceptors (Lipinski definition) is 4. The number of aromatic carboxylic acids is 1. The zero-order chi connectivity index (χ0) is 15.6. The molecule has 0 fully saturated rings. The standard InChI is InChI=1S/C14H10FNO5/c1-8-6-10(3-4-12(8)16(19)20)21-13-5-2-9(15)7-11(13)14(17)18/h2-7H,1H3,(H,17,18). The van der Waals surface area contributed by atoms with Crippen LogP contribution in [0.2, 0.25) is 0 Å². The Labute approximate surface area is 118 Å². The maximum absolute atomic E-state index is 13.1. The van der Waals surface area contributed by atoms with E-state index in [0.29, 0.717) is 5.56 Å². The lowest BCUT2D eigenvalue weighted by Gasteiger charge is -2.09. The third-order valence-corrected chi connectivity index (χ3v) is 2.76. The Morgan fingerprint density at radius 2 is 2.00 bits per heavy atom. The van der Waals surface area contributed by atoms with Crippen molar-refractivity contribution in [2.24, 2.45) is 0 Å². The third kappa shape index (κ3) is 3.14. The summed E-state index contributed by atoms with van der Waals surface area (Å²) in [5, 5.41) is 19.7. The minimum atomic E-state index is -1.33. The first-order valence-electron chi connectivity index (χ1n) is 5.84. The molecule has 2 aromatic carbocycles. The Hall–Kier alpha value is -2.96. The topological polar surface area (TPSA) is 89.7 Å². The van der Waals surface area contributed by atoms with E-state index in [9.17, 15) is 19.3 Å². The average molecular weight is 291 g/mol. The minimum absolute atomic E-state index is 0.0443. The number of aryl methyl sites for hydroxylation is 1. The van der Waals surface area contributed by atoms with Crippen molar-refractivity contribution in [1.29, 1.82) is 0 Å². The van der Waals surface area contributed by atoms with Gasteiger partial charge in [-0.2, -0.15) is 0 Å². The van der Waals surface area contributed by atoms with Crippen LogP contribution in [0.5, 0.6) is 11.5 Å². The summed E-state index contributed by atoms with van der Waals surface area (Å²) in [5.74, 6) is -1.84. The second kappa shape index (κ2) is 5.58. The molecule has 0 radical (unpaired) electrons. The maximum atomic E-state index is 13.1. The first kappa shape index (κ1) is 14.4. The van der Waals surface area contributed by atoms with E-state index < -0.39 is 16.7 Å². The number of carbonyl (C=O) groups is 1. The van der Waals surface area contributed by atoms with Crippen molar-refractivity contribution in [3.63, 3.8) is 0 Å². The van der Waals surface area contributed by atoms with Crippen molar-refractivity contribution >= 4 is 11.7 Å². The first-order valence-corrected chi connectivity index (χ1v) is 5.84. The first-order chi connectivity index (χ1) is 9.88. The number of halogens is 1.